The molecule has 1 aromatic heterocycles. The Bertz CT molecular complexity index is 303. The molecule has 5 nitrogen and oxygen atoms in total. The Hall–Kier alpha value is -1.36. The molecule has 0 unspecified atom stereocenters. The van der Waals surface area contributed by atoms with E-state index in [1.54, 1.807) is 7.11 Å². The Morgan fingerprint density at radius 2 is 2.12 bits per heavy atom. The highest BCUT2D eigenvalue weighted by atomic mass is 16.5. The highest BCUT2D eigenvalue weighted by Gasteiger charge is 2.02. The number of hydrogen-bond acceptors (Lipinski definition) is 5. The third-order valence-electron chi connectivity index (χ3n) is 2.17. The van der Waals surface area contributed by atoms with Gasteiger partial charge >= 0.3 is 0 Å². The summed E-state index contributed by atoms with van der Waals surface area (Å²) in [6.07, 6.45) is 2.15. The molecule has 17 heavy (non-hydrogen) atoms. The lowest BCUT2D eigenvalue weighted by molar-refractivity contribution is 0.210. The topological polar surface area (TPSA) is 56.3 Å². The van der Waals surface area contributed by atoms with Crippen molar-refractivity contribution in [2.45, 2.75) is 26.7 Å². The van der Waals surface area contributed by atoms with Gasteiger partial charge in [-0.25, -0.2) is 4.98 Å². The first kappa shape index (κ1) is 13.7. The van der Waals surface area contributed by atoms with Crippen LogP contribution in [0.1, 0.15) is 25.6 Å². The van der Waals surface area contributed by atoms with Gasteiger partial charge < -0.3 is 14.8 Å². The number of rotatable bonds is 8. The molecule has 0 saturated carbocycles. The minimum atomic E-state index is 0.630. The van der Waals surface area contributed by atoms with Gasteiger partial charge in [-0.15, -0.1) is 0 Å². The summed E-state index contributed by atoms with van der Waals surface area (Å²) in [5, 5.41) is 3.16. The number of nitrogens with zero attached hydrogens (tertiary/aromatic N) is 2. The number of aryl methyl sites for hydroxylation is 1. The molecule has 0 spiro atoms. The molecule has 0 saturated heterocycles. The molecule has 0 aliphatic heterocycles. The number of aromatic nitrogens is 2. The number of unbranched alkanes of at least 4 members (excludes halogenated alkanes) is 1. The average molecular weight is 239 g/mol. The summed E-state index contributed by atoms with van der Waals surface area (Å²) in [5.74, 6) is 2.12. The van der Waals surface area contributed by atoms with Crippen molar-refractivity contribution in [3.63, 3.8) is 0 Å². The summed E-state index contributed by atoms with van der Waals surface area (Å²) in [6.45, 7) is 6.06. The van der Waals surface area contributed by atoms with Crippen LogP contribution in [-0.4, -0.2) is 36.8 Å². The van der Waals surface area contributed by atoms with Crippen molar-refractivity contribution in [3.05, 3.63) is 11.9 Å². The van der Waals surface area contributed by atoms with Crippen molar-refractivity contribution < 1.29 is 9.47 Å². The highest BCUT2D eigenvalue weighted by Crippen LogP contribution is 2.13. The van der Waals surface area contributed by atoms with Crippen molar-refractivity contribution in [1.82, 2.24) is 9.97 Å². The van der Waals surface area contributed by atoms with Gasteiger partial charge in [-0.1, -0.05) is 13.3 Å². The molecular formula is C12H21N3O2. The van der Waals surface area contributed by atoms with Gasteiger partial charge in [0.15, 0.2) is 0 Å². The number of ether oxygens (including phenoxy) is 2. The van der Waals surface area contributed by atoms with E-state index in [2.05, 4.69) is 22.2 Å². The van der Waals surface area contributed by atoms with E-state index in [1.807, 2.05) is 13.0 Å². The van der Waals surface area contributed by atoms with Crippen LogP contribution in [0.3, 0.4) is 0 Å². The molecule has 0 aromatic carbocycles. The predicted octanol–water partition coefficient (Wildman–Crippen LogP) is 2.02. The molecule has 96 valence electrons. The molecule has 1 N–H and O–H groups in total. The molecule has 1 aromatic rings. The van der Waals surface area contributed by atoms with Crippen molar-refractivity contribution in [2.24, 2.45) is 0 Å². The molecule has 1 rings (SSSR count). The Kier molecular flexibility index (Phi) is 6.32. The SMILES string of the molecule is CCCCOc1cc(NCCOC)nc(C)n1. The minimum absolute atomic E-state index is 0.630. The van der Waals surface area contributed by atoms with E-state index in [-0.39, 0.29) is 0 Å². The van der Waals surface area contributed by atoms with Gasteiger partial charge in [0.2, 0.25) is 5.88 Å². The number of anilines is 1. The summed E-state index contributed by atoms with van der Waals surface area (Å²) in [4.78, 5) is 8.51. The molecule has 0 fully saturated rings. The third-order valence-corrected chi connectivity index (χ3v) is 2.17. The fourth-order valence-corrected chi connectivity index (χ4v) is 1.31. The van der Waals surface area contributed by atoms with Gasteiger partial charge in [0.05, 0.1) is 13.2 Å². The fraction of sp³-hybridized carbons (Fsp3) is 0.667. The second-order valence-electron chi connectivity index (χ2n) is 3.76. The smallest absolute Gasteiger partial charge is 0.218 e. The van der Waals surface area contributed by atoms with Gasteiger partial charge in [-0.3, -0.25) is 0 Å². The van der Waals surface area contributed by atoms with Gasteiger partial charge in [0.1, 0.15) is 11.6 Å². The Morgan fingerprint density at radius 1 is 1.29 bits per heavy atom. The quantitative estimate of drug-likeness (QED) is 0.703. The maximum Gasteiger partial charge on any atom is 0.218 e. The van der Waals surface area contributed by atoms with Gasteiger partial charge in [-0.05, 0) is 13.3 Å². The van der Waals surface area contributed by atoms with Crippen LogP contribution >= 0.6 is 0 Å². The van der Waals surface area contributed by atoms with Crippen LogP contribution in [0, 0.1) is 6.92 Å². The van der Waals surface area contributed by atoms with Gasteiger partial charge in [-0.2, -0.15) is 4.98 Å². The van der Waals surface area contributed by atoms with Crippen LogP contribution < -0.4 is 10.1 Å². The van der Waals surface area contributed by atoms with Crippen molar-refractivity contribution in [1.29, 1.82) is 0 Å². The Balaban J connectivity index is 2.53. The summed E-state index contributed by atoms with van der Waals surface area (Å²) in [5.41, 5.74) is 0. The lowest BCUT2D eigenvalue weighted by atomic mass is 10.4. The molecule has 1 heterocycles. The van der Waals surface area contributed by atoms with Crippen molar-refractivity contribution in [3.8, 4) is 5.88 Å². The van der Waals surface area contributed by atoms with E-state index in [0.29, 0.717) is 24.9 Å². The maximum absolute atomic E-state index is 5.55. The summed E-state index contributed by atoms with van der Waals surface area (Å²) in [6, 6.07) is 1.82. The minimum Gasteiger partial charge on any atom is -0.478 e. The van der Waals surface area contributed by atoms with Crippen LogP contribution in [0.25, 0.3) is 0 Å². The van der Waals surface area contributed by atoms with E-state index < -0.39 is 0 Å². The number of methoxy groups -OCH3 is 1. The largest absolute Gasteiger partial charge is 0.478 e. The summed E-state index contributed by atoms with van der Waals surface area (Å²) < 4.78 is 10.5. The van der Waals surface area contributed by atoms with Crippen LogP contribution in [0.5, 0.6) is 5.88 Å². The molecule has 0 atom stereocenters. The molecule has 0 bridgehead atoms. The van der Waals surface area contributed by atoms with E-state index in [0.717, 1.165) is 25.2 Å². The molecule has 0 aliphatic carbocycles. The lowest BCUT2D eigenvalue weighted by Crippen LogP contribution is -2.10. The lowest BCUT2D eigenvalue weighted by Gasteiger charge is -2.09. The number of nitrogens with one attached hydrogen (secondary N) is 1. The van der Waals surface area contributed by atoms with E-state index in [4.69, 9.17) is 9.47 Å². The monoisotopic (exact) mass is 239 g/mol. The summed E-state index contributed by atoms with van der Waals surface area (Å²) in [7, 11) is 1.67. The predicted molar refractivity (Wildman–Crippen MR) is 67.5 cm³/mol. The zero-order chi connectivity index (χ0) is 12.5. The van der Waals surface area contributed by atoms with E-state index in [1.165, 1.54) is 0 Å². The molecule has 0 aliphatic rings. The van der Waals surface area contributed by atoms with E-state index >= 15 is 0 Å². The normalized spacial score (nSPS) is 10.3. The molecule has 0 amide bonds. The second kappa shape index (κ2) is 7.84. The average Bonchev–Trinajstić information content (AvgIpc) is 2.29. The van der Waals surface area contributed by atoms with Crippen molar-refractivity contribution in [2.75, 3.05) is 32.2 Å². The first-order chi connectivity index (χ1) is 8.26. The molecule has 5 heteroatoms. The van der Waals surface area contributed by atoms with Crippen LogP contribution in [0.15, 0.2) is 6.07 Å². The van der Waals surface area contributed by atoms with Gasteiger partial charge in [0, 0.05) is 19.7 Å². The first-order valence-electron chi connectivity index (χ1n) is 5.97. The zero-order valence-corrected chi connectivity index (χ0v) is 10.8. The Labute approximate surface area is 103 Å². The molecular weight excluding hydrogens is 218 g/mol. The highest BCUT2D eigenvalue weighted by molar-refractivity contribution is 5.38. The fourth-order valence-electron chi connectivity index (χ4n) is 1.31. The maximum atomic E-state index is 5.55. The van der Waals surface area contributed by atoms with Gasteiger partial charge in [0.25, 0.3) is 0 Å². The number of hydrogen-bond donors (Lipinski definition) is 1. The van der Waals surface area contributed by atoms with Crippen LogP contribution in [-0.2, 0) is 4.74 Å². The summed E-state index contributed by atoms with van der Waals surface area (Å²) >= 11 is 0. The van der Waals surface area contributed by atoms with Crippen LogP contribution in [0.4, 0.5) is 5.82 Å². The van der Waals surface area contributed by atoms with Crippen LogP contribution in [0.2, 0.25) is 0 Å². The zero-order valence-electron chi connectivity index (χ0n) is 10.8. The van der Waals surface area contributed by atoms with E-state index in [9.17, 15) is 0 Å². The van der Waals surface area contributed by atoms with Crippen molar-refractivity contribution >= 4 is 5.82 Å². The second-order valence-corrected chi connectivity index (χ2v) is 3.76. The first-order valence-corrected chi connectivity index (χ1v) is 5.97. The molecule has 0 radical (unpaired) electrons. The Morgan fingerprint density at radius 3 is 2.82 bits per heavy atom. The standard InChI is InChI=1S/C12H21N3O2/c1-4-5-7-17-12-9-11(13-6-8-16-3)14-10(2)15-12/h9H,4-8H2,1-3H3,(H,13,14,15). The third kappa shape index (κ3) is 5.49.